The van der Waals surface area contributed by atoms with Crippen LogP contribution in [0.5, 0.6) is 5.75 Å². The summed E-state index contributed by atoms with van der Waals surface area (Å²) in [7, 11) is 5.82. The number of rotatable bonds is 4. The molecule has 0 bridgehead atoms. The van der Waals surface area contributed by atoms with E-state index in [1.807, 2.05) is 36.7 Å². The fraction of sp³-hybridized carbons (Fsp3) is 0.235. The van der Waals surface area contributed by atoms with E-state index >= 15 is 0 Å². The fourth-order valence-electron chi connectivity index (χ4n) is 2.52. The van der Waals surface area contributed by atoms with Gasteiger partial charge in [0.05, 0.1) is 18.3 Å². The Labute approximate surface area is 124 Å². The van der Waals surface area contributed by atoms with Crippen LogP contribution >= 0.6 is 0 Å². The Morgan fingerprint density at radius 3 is 2.52 bits per heavy atom. The van der Waals surface area contributed by atoms with Crippen LogP contribution in [0.2, 0.25) is 0 Å². The first-order valence-electron chi connectivity index (χ1n) is 6.93. The molecule has 3 rings (SSSR count). The lowest BCUT2D eigenvalue weighted by molar-refractivity contribution is 0.395. The van der Waals surface area contributed by atoms with Gasteiger partial charge in [-0.05, 0) is 50.5 Å². The molecule has 0 fully saturated rings. The molecule has 0 saturated heterocycles. The molecule has 108 valence electrons. The Morgan fingerprint density at radius 2 is 1.86 bits per heavy atom. The summed E-state index contributed by atoms with van der Waals surface area (Å²) in [6.07, 6.45) is 3.87. The van der Waals surface area contributed by atoms with Gasteiger partial charge in [-0.15, -0.1) is 0 Å². The Morgan fingerprint density at radius 1 is 1.10 bits per heavy atom. The molecule has 3 aromatic rings. The molecule has 4 heteroatoms. The van der Waals surface area contributed by atoms with Crippen LogP contribution < -0.4 is 4.74 Å². The molecule has 0 aliphatic heterocycles. The van der Waals surface area contributed by atoms with Crippen molar-refractivity contribution in [2.75, 3.05) is 21.2 Å². The number of hydrogen-bond donors (Lipinski definition) is 0. The third kappa shape index (κ3) is 2.62. The zero-order chi connectivity index (χ0) is 14.8. The summed E-state index contributed by atoms with van der Waals surface area (Å²) in [5, 5.41) is 0. The zero-order valence-electron chi connectivity index (χ0n) is 12.6. The lowest BCUT2D eigenvalue weighted by Crippen LogP contribution is -2.12. The monoisotopic (exact) mass is 281 g/mol. The van der Waals surface area contributed by atoms with Crippen molar-refractivity contribution in [1.82, 2.24) is 14.3 Å². The number of nitrogens with zero attached hydrogens (tertiary/aromatic N) is 3. The van der Waals surface area contributed by atoms with Crippen molar-refractivity contribution in [3.8, 4) is 17.0 Å². The van der Waals surface area contributed by atoms with Gasteiger partial charge in [-0.1, -0.05) is 0 Å². The minimum absolute atomic E-state index is 0.856. The van der Waals surface area contributed by atoms with Crippen LogP contribution in [-0.2, 0) is 6.54 Å². The van der Waals surface area contributed by atoms with Gasteiger partial charge in [0.15, 0.2) is 0 Å². The van der Waals surface area contributed by atoms with E-state index in [1.54, 1.807) is 7.11 Å². The summed E-state index contributed by atoms with van der Waals surface area (Å²) in [5.41, 5.74) is 4.47. The number of ether oxygens (including phenoxy) is 1. The molecule has 0 unspecified atom stereocenters. The molecule has 0 aliphatic carbocycles. The van der Waals surface area contributed by atoms with E-state index in [9.17, 15) is 0 Å². The van der Waals surface area contributed by atoms with Crippen LogP contribution in [-0.4, -0.2) is 35.5 Å². The molecular weight excluding hydrogens is 262 g/mol. The molecule has 0 aliphatic rings. The number of aromatic nitrogens is 2. The highest BCUT2D eigenvalue weighted by atomic mass is 16.5. The molecule has 0 amide bonds. The Bertz CT molecular complexity index is 744. The van der Waals surface area contributed by atoms with Gasteiger partial charge in [-0.25, -0.2) is 0 Å². The van der Waals surface area contributed by atoms with Crippen molar-refractivity contribution >= 4 is 5.52 Å². The normalized spacial score (nSPS) is 11.2. The molecule has 2 heterocycles. The summed E-state index contributed by atoms with van der Waals surface area (Å²) in [4.78, 5) is 6.71. The number of hydrogen-bond acceptors (Lipinski definition) is 3. The summed E-state index contributed by atoms with van der Waals surface area (Å²) >= 11 is 0. The second-order valence-electron chi connectivity index (χ2n) is 5.32. The molecule has 4 nitrogen and oxygen atoms in total. The standard InChI is InChI=1S/C17H19N3O/c1-19(2)12-14-6-9-16-17(18-10-11-20(14)16)13-4-7-15(21-3)8-5-13/h4-11H,12H2,1-3H3. The molecule has 0 spiro atoms. The maximum Gasteiger partial charge on any atom is 0.118 e. The minimum atomic E-state index is 0.856. The highest BCUT2D eigenvalue weighted by Crippen LogP contribution is 2.26. The SMILES string of the molecule is COc1ccc(-c2nccn3c(CN(C)C)ccc23)cc1. The summed E-state index contributed by atoms with van der Waals surface area (Å²) in [5.74, 6) is 0.856. The van der Waals surface area contributed by atoms with E-state index in [2.05, 4.69) is 40.5 Å². The third-order valence-corrected chi connectivity index (χ3v) is 3.51. The lowest BCUT2D eigenvalue weighted by atomic mass is 10.1. The molecule has 1 aromatic carbocycles. The van der Waals surface area contributed by atoms with Crippen molar-refractivity contribution < 1.29 is 4.74 Å². The second kappa shape index (κ2) is 5.58. The maximum absolute atomic E-state index is 5.21. The Balaban J connectivity index is 2.08. The number of benzene rings is 1. The van der Waals surface area contributed by atoms with E-state index in [0.29, 0.717) is 0 Å². The fourth-order valence-corrected chi connectivity index (χ4v) is 2.52. The van der Waals surface area contributed by atoms with Gasteiger partial charge in [-0.3, -0.25) is 4.98 Å². The van der Waals surface area contributed by atoms with Gasteiger partial charge in [0.2, 0.25) is 0 Å². The van der Waals surface area contributed by atoms with Crippen molar-refractivity contribution in [3.63, 3.8) is 0 Å². The molecule has 0 N–H and O–H groups in total. The number of methoxy groups -OCH3 is 1. The van der Waals surface area contributed by atoms with Crippen LogP contribution in [0.1, 0.15) is 5.69 Å². The molecule has 0 saturated carbocycles. The topological polar surface area (TPSA) is 29.8 Å². The van der Waals surface area contributed by atoms with E-state index < -0.39 is 0 Å². The Kier molecular flexibility index (Phi) is 3.62. The quantitative estimate of drug-likeness (QED) is 0.736. The smallest absolute Gasteiger partial charge is 0.118 e. The average Bonchev–Trinajstić information content (AvgIpc) is 2.90. The molecule has 0 atom stereocenters. The first-order valence-corrected chi connectivity index (χ1v) is 6.93. The highest BCUT2D eigenvalue weighted by molar-refractivity contribution is 5.77. The summed E-state index contributed by atoms with van der Waals surface area (Å²) in [6, 6.07) is 12.3. The van der Waals surface area contributed by atoms with Gasteiger partial charge in [-0.2, -0.15) is 0 Å². The largest absolute Gasteiger partial charge is 0.497 e. The lowest BCUT2D eigenvalue weighted by Gasteiger charge is -2.11. The van der Waals surface area contributed by atoms with Crippen molar-refractivity contribution in [2.24, 2.45) is 0 Å². The minimum Gasteiger partial charge on any atom is -0.497 e. The second-order valence-corrected chi connectivity index (χ2v) is 5.32. The van der Waals surface area contributed by atoms with Crippen LogP contribution in [0.25, 0.3) is 16.8 Å². The molecule has 2 aromatic heterocycles. The van der Waals surface area contributed by atoms with Gasteiger partial charge in [0, 0.05) is 30.2 Å². The third-order valence-electron chi connectivity index (χ3n) is 3.51. The average molecular weight is 281 g/mol. The van der Waals surface area contributed by atoms with Crippen LogP contribution in [0.4, 0.5) is 0 Å². The van der Waals surface area contributed by atoms with E-state index in [1.165, 1.54) is 5.69 Å². The summed E-state index contributed by atoms with van der Waals surface area (Å²) < 4.78 is 7.41. The van der Waals surface area contributed by atoms with E-state index in [-0.39, 0.29) is 0 Å². The Hall–Kier alpha value is -2.33. The van der Waals surface area contributed by atoms with Crippen molar-refractivity contribution in [2.45, 2.75) is 6.54 Å². The van der Waals surface area contributed by atoms with Crippen LogP contribution in [0, 0.1) is 0 Å². The first-order chi connectivity index (χ1) is 10.2. The van der Waals surface area contributed by atoms with Gasteiger partial charge in [0.25, 0.3) is 0 Å². The highest BCUT2D eigenvalue weighted by Gasteiger charge is 2.09. The predicted octanol–water partition coefficient (Wildman–Crippen LogP) is 3.07. The van der Waals surface area contributed by atoms with E-state index in [4.69, 9.17) is 4.74 Å². The van der Waals surface area contributed by atoms with Gasteiger partial charge < -0.3 is 14.0 Å². The summed E-state index contributed by atoms with van der Waals surface area (Å²) in [6.45, 7) is 0.903. The van der Waals surface area contributed by atoms with Crippen LogP contribution in [0.3, 0.4) is 0 Å². The van der Waals surface area contributed by atoms with Crippen LogP contribution in [0.15, 0.2) is 48.8 Å². The van der Waals surface area contributed by atoms with E-state index in [0.717, 1.165) is 29.1 Å². The molecular formula is C17H19N3O. The van der Waals surface area contributed by atoms with Crippen molar-refractivity contribution in [1.29, 1.82) is 0 Å². The predicted molar refractivity (Wildman–Crippen MR) is 84.6 cm³/mol. The van der Waals surface area contributed by atoms with Gasteiger partial charge in [0.1, 0.15) is 5.75 Å². The molecule has 0 radical (unpaired) electrons. The maximum atomic E-state index is 5.21. The zero-order valence-corrected chi connectivity index (χ0v) is 12.6. The van der Waals surface area contributed by atoms with Gasteiger partial charge >= 0.3 is 0 Å². The molecule has 21 heavy (non-hydrogen) atoms. The van der Waals surface area contributed by atoms with Crippen molar-refractivity contribution in [3.05, 3.63) is 54.5 Å². The number of fused-ring (bicyclic) bond motifs is 1. The first kappa shape index (κ1) is 13.6.